The van der Waals surface area contributed by atoms with Crippen molar-refractivity contribution >= 4 is 10.0 Å². The van der Waals surface area contributed by atoms with Crippen LogP contribution in [0.5, 0.6) is 0 Å². The van der Waals surface area contributed by atoms with E-state index in [1.807, 2.05) is 19.9 Å². The predicted octanol–water partition coefficient (Wildman–Crippen LogP) is 1.48. The quantitative estimate of drug-likeness (QED) is 0.870. The van der Waals surface area contributed by atoms with Gasteiger partial charge in [-0.05, 0) is 31.5 Å². The van der Waals surface area contributed by atoms with Gasteiger partial charge in [-0.2, -0.15) is 0 Å². The van der Waals surface area contributed by atoms with Gasteiger partial charge in [0.25, 0.3) is 0 Å². The molecule has 0 aliphatic rings. The zero-order valence-electron chi connectivity index (χ0n) is 11.3. The largest absolute Gasteiger partial charge is 0.445 e. The molecule has 108 valence electrons. The Hall–Kier alpha value is -1.70. The zero-order chi connectivity index (χ0) is 14.8. The van der Waals surface area contributed by atoms with Gasteiger partial charge in [0.05, 0.1) is 17.6 Å². The number of hydrogen-bond donors (Lipinski definition) is 2. The molecule has 1 atom stereocenters. The minimum atomic E-state index is -3.68. The van der Waals surface area contributed by atoms with Gasteiger partial charge in [0.1, 0.15) is 5.76 Å². The molecule has 0 aliphatic carbocycles. The Bertz CT molecular complexity index is 694. The second kappa shape index (κ2) is 5.74. The van der Waals surface area contributed by atoms with Crippen molar-refractivity contribution in [2.45, 2.75) is 31.3 Å². The molecule has 0 fully saturated rings. The molecule has 0 amide bonds. The lowest BCUT2D eigenvalue weighted by molar-refractivity contribution is 0.432. The monoisotopic (exact) mass is 295 g/mol. The van der Waals surface area contributed by atoms with Gasteiger partial charge >= 0.3 is 0 Å². The maximum atomic E-state index is 11.3. The highest BCUT2D eigenvalue weighted by Gasteiger charge is 2.12. The highest BCUT2D eigenvalue weighted by Crippen LogP contribution is 2.17. The second-order valence-electron chi connectivity index (χ2n) is 4.58. The minimum Gasteiger partial charge on any atom is -0.445 e. The molecule has 1 aromatic carbocycles. The van der Waals surface area contributed by atoms with Gasteiger partial charge in [-0.3, -0.25) is 0 Å². The second-order valence-corrected chi connectivity index (χ2v) is 6.15. The molecule has 0 saturated carbocycles. The summed E-state index contributed by atoms with van der Waals surface area (Å²) in [5.74, 6) is 1.35. The van der Waals surface area contributed by atoms with Crippen LogP contribution in [0.1, 0.15) is 30.2 Å². The molecular weight excluding hydrogens is 278 g/mol. The van der Waals surface area contributed by atoms with Gasteiger partial charge < -0.3 is 9.73 Å². The zero-order valence-corrected chi connectivity index (χ0v) is 12.1. The molecule has 0 radical (unpaired) electrons. The number of nitrogens with one attached hydrogen (secondary N) is 1. The van der Waals surface area contributed by atoms with Crippen molar-refractivity contribution in [3.8, 4) is 0 Å². The van der Waals surface area contributed by atoms with E-state index in [0.29, 0.717) is 12.4 Å². The van der Waals surface area contributed by atoms with Crippen molar-refractivity contribution in [3.63, 3.8) is 0 Å². The summed E-state index contributed by atoms with van der Waals surface area (Å²) in [6.45, 7) is 4.22. The lowest BCUT2D eigenvalue weighted by atomic mass is 10.1. The average molecular weight is 295 g/mol. The molecule has 7 heteroatoms. The summed E-state index contributed by atoms with van der Waals surface area (Å²) >= 11 is 0. The summed E-state index contributed by atoms with van der Waals surface area (Å²) in [5.41, 5.74) is 0.833. The normalized spacial score (nSPS) is 13.3. The van der Waals surface area contributed by atoms with E-state index in [1.165, 1.54) is 6.07 Å². The number of oxazole rings is 1. The van der Waals surface area contributed by atoms with Crippen molar-refractivity contribution in [2.75, 3.05) is 0 Å². The fourth-order valence-corrected chi connectivity index (χ4v) is 2.37. The summed E-state index contributed by atoms with van der Waals surface area (Å²) in [6.07, 6.45) is 1.66. The number of aryl methyl sites for hydroxylation is 1. The number of primary sulfonamides is 1. The van der Waals surface area contributed by atoms with E-state index >= 15 is 0 Å². The molecular formula is C13H17N3O3S. The molecule has 0 bridgehead atoms. The van der Waals surface area contributed by atoms with E-state index in [0.717, 1.165) is 11.3 Å². The van der Waals surface area contributed by atoms with E-state index in [2.05, 4.69) is 10.3 Å². The molecule has 20 heavy (non-hydrogen) atoms. The number of benzene rings is 1. The van der Waals surface area contributed by atoms with Crippen LogP contribution in [0.15, 0.2) is 39.8 Å². The Morgan fingerprint density at radius 1 is 1.45 bits per heavy atom. The van der Waals surface area contributed by atoms with E-state index < -0.39 is 10.0 Å². The molecule has 2 rings (SSSR count). The maximum Gasteiger partial charge on any atom is 0.238 e. The number of nitrogens with two attached hydrogens (primary N) is 1. The van der Waals surface area contributed by atoms with Crippen molar-refractivity contribution in [1.29, 1.82) is 0 Å². The van der Waals surface area contributed by atoms with Crippen LogP contribution in [0.4, 0.5) is 0 Å². The minimum absolute atomic E-state index is 0.0519. The van der Waals surface area contributed by atoms with Crippen LogP contribution in [0.3, 0.4) is 0 Å². The van der Waals surface area contributed by atoms with Crippen LogP contribution in [-0.4, -0.2) is 13.4 Å². The van der Waals surface area contributed by atoms with E-state index in [-0.39, 0.29) is 10.9 Å². The molecule has 0 saturated heterocycles. The summed E-state index contributed by atoms with van der Waals surface area (Å²) in [5, 5.41) is 8.34. The standard InChI is InChI=1S/C13H17N3O3S/c1-9-7-16-13(19-9)8-15-10(2)11-4-3-5-12(6-11)20(14,17)18/h3-7,10,15H,8H2,1-2H3,(H2,14,17,18). The lowest BCUT2D eigenvalue weighted by Gasteiger charge is -2.13. The smallest absolute Gasteiger partial charge is 0.238 e. The van der Waals surface area contributed by atoms with E-state index in [1.54, 1.807) is 18.3 Å². The van der Waals surface area contributed by atoms with Gasteiger partial charge in [-0.15, -0.1) is 0 Å². The first kappa shape index (κ1) is 14.7. The number of nitrogens with zero attached hydrogens (tertiary/aromatic N) is 1. The number of hydrogen-bond acceptors (Lipinski definition) is 5. The van der Waals surface area contributed by atoms with Gasteiger partial charge in [-0.25, -0.2) is 18.5 Å². The highest BCUT2D eigenvalue weighted by atomic mass is 32.2. The van der Waals surface area contributed by atoms with Crippen molar-refractivity contribution < 1.29 is 12.8 Å². The first-order chi connectivity index (χ1) is 9.36. The molecule has 6 nitrogen and oxygen atoms in total. The van der Waals surface area contributed by atoms with Crippen LogP contribution in [0.2, 0.25) is 0 Å². The predicted molar refractivity (Wildman–Crippen MR) is 74.3 cm³/mol. The van der Waals surface area contributed by atoms with Crippen LogP contribution in [0, 0.1) is 6.92 Å². The van der Waals surface area contributed by atoms with Gasteiger partial charge in [0.2, 0.25) is 15.9 Å². The van der Waals surface area contributed by atoms with Gasteiger partial charge in [0, 0.05) is 6.04 Å². The molecule has 0 aliphatic heterocycles. The number of rotatable bonds is 5. The van der Waals surface area contributed by atoms with Crippen molar-refractivity contribution in [3.05, 3.63) is 47.7 Å². The van der Waals surface area contributed by atoms with E-state index in [4.69, 9.17) is 9.56 Å². The Morgan fingerprint density at radius 2 is 2.20 bits per heavy atom. The number of sulfonamides is 1. The summed E-state index contributed by atoms with van der Waals surface area (Å²) in [7, 11) is -3.68. The Kier molecular flexibility index (Phi) is 4.22. The van der Waals surface area contributed by atoms with Gasteiger partial charge in [0.15, 0.2) is 0 Å². The topological polar surface area (TPSA) is 98.2 Å². The van der Waals surface area contributed by atoms with Crippen LogP contribution < -0.4 is 10.5 Å². The first-order valence-corrected chi connectivity index (χ1v) is 7.68. The Morgan fingerprint density at radius 3 is 2.80 bits per heavy atom. The lowest BCUT2D eigenvalue weighted by Crippen LogP contribution is -2.19. The molecule has 1 unspecified atom stereocenters. The average Bonchev–Trinajstić information content (AvgIpc) is 2.81. The molecule has 2 aromatic rings. The molecule has 0 spiro atoms. The number of aromatic nitrogens is 1. The SMILES string of the molecule is Cc1cnc(CNC(C)c2cccc(S(N)(=O)=O)c2)o1. The summed E-state index contributed by atoms with van der Waals surface area (Å²) < 4.78 is 28.0. The summed E-state index contributed by atoms with van der Waals surface area (Å²) in [4.78, 5) is 4.20. The Balaban J connectivity index is 2.07. The first-order valence-electron chi connectivity index (χ1n) is 6.14. The summed E-state index contributed by atoms with van der Waals surface area (Å²) in [6, 6.07) is 6.50. The Labute approximate surface area is 118 Å². The van der Waals surface area contributed by atoms with Crippen molar-refractivity contribution in [1.82, 2.24) is 10.3 Å². The highest BCUT2D eigenvalue weighted by molar-refractivity contribution is 7.89. The van der Waals surface area contributed by atoms with Crippen LogP contribution in [-0.2, 0) is 16.6 Å². The third-order valence-corrected chi connectivity index (χ3v) is 3.83. The fraction of sp³-hybridized carbons (Fsp3) is 0.308. The molecule has 1 heterocycles. The van der Waals surface area contributed by atoms with Gasteiger partial charge in [-0.1, -0.05) is 12.1 Å². The third kappa shape index (κ3) is 3.66. The fourth-order valence-electron chi connectivity index (χ4n) is 1.80. The van der Waals surface area contributed by atoms with Crippen LogP contribution >= 0.6 is 0 Å². The van der Waals surface area contributed by atoms with E-state index in [9.17, 15) is 8.42 Å². The molecule has 3 N–H and O–H groups in total. The van der Waals surface area contributed by atoms with Crippen LogP contribution in [0.25, 0.3) is 0 Å². The molecule has 1 aromatic heterocycles. The maximum absolute atomic E-state index is 11.3. The van der Waals surface area contributed by atoms with Crippen molar-refractivity contribution in [2.24, 2.45) is 5.14 Å². The third-order valence-electron chi connectivity index (χ3n) is 2.92.